The van der Waals surface area contributed by atoms with E-state index in [2.05, 4.69) is 51.2 Å². The molecule has 2 aliphatic heterocycles. The summed E-state index contributed by atoms with van der Waals surface area (Å²) in [5.74, 6) is 1.33. The highest BCUT2D eigenvalue weighted by molar-refractivity contribution is 7.07. The van der Waals surface area contributed by atoms with Crippen molar-refractivity contribution in [2.24, 2.45) is 11.3 Å². The molecule has 2 aromatic rings. The fraction of sp³-hybridized carbons (Fsp3) is 0.636. The van der Waals surface area contributed by atoms with Gasteiger partial charge >= 0.3 is 0 Å². The Morgan fingerprint density at radius 2 is 2.21 bits per heavy atom. The molecule has 4 heterocycles. The van der Waals surface area contributed by atoms with E-state index < -0.39 is 0 Å². The molecule has 0 unspecified atom stereocenters. The molecular weight excluding hydrogens is 368 g/mol. The summed E-state index contributed by atoms with van der Waals surface area (Å²) in [7, 11) is 0. The summed E-state index contributed by atoms with van der Waals surface area (Å²) < 4.78 is 2.17. The molecule has 0 bridgehead atoms. The van der Waals surface area contributed by atoms with Crippen molar-refractivity contribution in [1.82, 2.24) is 19.4 Å². The van der Waals surface area contributed by atoms with Crippen LogP contribution in [-0.2, 0) is 11.3 Å². The van der Waals surface area contributed by atoms with Gasteiger partial charge in [0.05, 0.1) is 17.4 Å². The van der Waals surface area contributed by atoms with Crippen LogP contribution < -0.4 is 0 Å². The van der Waals surface area contributed by atoms with Crippen molar-refractivity contribution in [3.63, 3.8) is 0 Å². The van der Waals surface area contributed by atoms with Gasteiger partial charge in [0.25, 0.3) is 0 Å². The minimum Gasteiger partial charge on any atom is -0.342 e. The summed E-state index contributed by atoms with van der Waals surface area (Å²) in [6, 6.07) is 2.60. The van der Waals surface area contributed by atoms with Crippen molar-refractivity contribution in [3.8, 4) is 0 Å². The minimum atomic E-state index is -0.291. The zero-order valence-corrected chi connectivity index (χ0v) is 17.7. The number of carbonyl (C=O) groups is 1. The van der Waals surface area contributed by atoms with Gasteiger partial charge in [0.2, 0.25) is 5.91 Å². The molecule has 3 aliphatic rings. The van der Waals surface area contributed by atoms with Crippen LogP contribution in [0.1, 0.15) is 56.3 Å². The molecule has 2 aromatic heterocycles. The van der Waals surface area contributed by atoms with Crippen LogP contribution in [0.3, 0.4) is 0 Å². The van der Waals surface area contributed by atoms with Crippen molar-refractivity contribution < 1.29 is 4.79 Å². The number of thiophene rings is 1. The fourth-order valence-electron chi connectivity index (χ4n) is 5.07. The second kappa shape index (κ2) is 6.99. The third-order valence-corrected chi connectivity index (χ3v) is 7.62. The number of hydrogen-bond acceptors (Lipinski definition) is 4. The number of nitrogens with zero attached hydrogens (tertiary/aromatic N) is 4. The third-order valence-electron chi connectivity index (χ3n) is 6.89. The van der Waals surface area contributed by atoms with Gasteiger partial charge in [0.15, 0.2) is 0 Å². The average Bonchev–Trinajstić information content (AvgIpc) is 3.09. The van der Waals surface area contributed by atoms with Gasteiger partial charge in [-0.3, -0.25) is 9.69 Å². The molecule has 1 saturated carbocycles. The standard InChI is InChI=1S/C22H30N4OS/c1-16(2)26-12-20(23-15-26)19-11-24(9-18-5-8-28-13-18)14-22(19)6-7-25(21(22)27)10-17-3-4-17/h5,8,12-13,15-17,19H,3-4,6-7,9-11,14H2,1-2H3/t19-,22-/m1/s1. The second-order valence-electron chi connectivity index (χ2n) is 9.29. The lowest BCUT2D eigenvalue weighted by Gasteiger charge is -2.28. The zero-order chi connectivity index (χ0) is 19.3. The lowest BCUT2D eigenvalue weighted by Crippen LogP contribution is -2.40. The van der Waals surface area contributed by atoms with E-state index in [0.29, 0.717) is 11.9 Å². The van der Waals surface area contributed by atoms with Crippen LogP contribution in [0, 0.1) is 11.3 Å². The Kier molecular flexibility index (Phi) is 4.59. The van der Waals surface area contributed by atoms with Crippen LogP contribution in [0.25, 0.3) is 0 Å². The molecule has 1 spiro atoms. The largest absolute Gasteiger partial charge is 0.342 e. The Bertz CT molecular complexity index is 841. The topological polar surface area (TPSA) is 41.4 Å². The van der Waals surface area contributed by atoms with Gasteiger partial charge in [-0.05, 0) is 61.4 Å². The first-order valence-corrected chi connectivity index (χ1v) is 11.6. The third kappa shape index (κ3) is 3.20. The highest BCUT2D eigenvalue weighted by atomic mass is 32.1. The van der Waals surface area contributed by atoms with E-state index in [-0.39, 0.29) is 11.3 Å². The molecule has 2 saturated heterocycles. The first kappa shape index (κ1) is 18.4. The van der Waals surface area contributed by atoms with E-state index >= 15 is 0 Å². The molecule has 6 heteroatoms. The molecule has 150 valence electrons. The van der Waals surface area contributed by atoms with Crippen molar-refractivity contribution in [2.45, 2.75) is 51.6 Å². The summed E-state index contributed by atoms with van der Waals surface area (Å²) in [4.78, 5) is 23.1. The molecule has 5 rings (SSSR count). The molecule has 2 atom stereocenters. The maximum atomic E-state index is 13.6. The van der Waals surface area contributed by atoms with Crippen LogP contribution in [0.15, 0.2) is 29.4 Å². The molecule has 3 fully saturated rings. The SMILES string of the molecule is CC(C)n1cnc([C@H]2CN(Cc3ccsc3)C[C@]23CCN(CC2CC2)C3=O)c1. The van der Waals surface area contributed by atoms with E-state index in [1.54, 1.807) is 11.3 Å². The van der Waals surface area contributed by atoms with Crippen molar-refractivity contribution in [1.29, 1.82) is 0 Å². The maximum Gasteiger partial charge on any atom is 0.230 e. The average molecular weight is 399 g/mol. The number of likely N-dealkylation sites (tertiary alicyclic amines) is 2. The lowest BCUT2D eigenvalue weighted by molar-refractivity contribution is -0.136. The van der Waals surface area contributed by atoms with Crippen LogP contribution in [-0.4, -0.2) is 51.4 Å². The number of carbonyl (C=O) groups excluding carboxylic acids is 1. The Hall–Kier alpha value is -1.66. The van der Waals surface area contributed by atoms with Crippen LogP contribution >= 0.6 is 11.3 Å². The number of rotatable bonds is 6. The second-order valence-corrected chi connectivity index (χ2v) is 10.1. The van der Waals surface area contributed by atoms with Crippen molar-refractivity contribution >= 4 is 17.2 Å². The smallest absolute Gasteiger partial charge is 0.230 e. The van der Waals surface area contributed by atoms with Gasteiger partial charge in [-0.15, -0.1) is 0 Å². The fourth-order valence-corrected chi connectivity index (χ4v) is 5.73. The summed E-state index contributed by atoms with van der Waals surface area (Å²) in [5, 5.41) is 4.37. The predicted molar refractivity (Wildman–Crippen MR) is 111 cm³/mol. The van der Waals surface area contributed by atoms with E-state index in [4.69, 9.17) is 4.98 Å². The molecule has 1 aliphatic carbocycles. The zero-order valence-electron chi connectivity index (χ0n) is 16.9. The molecule has 5 nitrogen and oxygen atoms in total. The predicted octanol–water partition coefficient (Wildman–Crippen LogP) is 3.75. The van der Waals surface area contributed by atoms with Gasteiger partial charge in [-0.2, -0.15) is 11.3 Å². The van der Waals surface area contributed by atoms with E-state index in [9.17, 15) is 4.79 Å². The molecule has 0 aromatic carbocycles. The van der Waals surface area contributed by atoms with Crippen LogP contribution in [0.4, 0.5) is 0 Å². The number of aromatic nitrogens is 2. The summed E-state index contributed by atoms with van der Waals surface area (Å²) >= 11 is 1.75. The van der Waals surface area contributed by atoms with Gasteiger partial charge in [-0.1, -0.05) is 0 Å². The van der Waals surface area contributed by atoms with E-state index in [1.807, 2.05) is 6.33 Å². The lowest BCUT2D eigenvalue weighted by atomic mass is 9.75. The van der Waals surface area contributed by atoms with Crippen LogP contribution in [0.2, 0.25) is 0 Å². The minimum absolute atomic E-state index is 0.197. The van der Waals surface area contributed by atoms with E-state index in [0.717, 1.165) is 50.8 Å². The molecule has 0 N–H and O–H groups in total. The quantitative estimate of drug-likeness (QED) is 0.744. The van der Waals surface area contributed by atoms with Crippen molar-refractivity contribution in [2.75, 3.05) is 26.2 Å². The molecule has 1 amide bonds. The molecule has 28 heavy (non-hydrogen) atoms. The Morgan fingerprint density at radius 1 is 1.36 bits per heavy atom. The first-order valence-electron chi connectivity index (χ1n) is 10.6. The van der Waals surface area contributed by atoms with Crippen molar-refractivity contribution in [3.05, 3.63) is 40.6 Å². The number of amides is 1. The maximum absolute atomic E-state index is 13.6. The Morgan fingerprint density at radius 3 is 2.89 bits per heavy atom. The van der Waals surface area contributed by atoms with Gasteiger partial charge in [0, 0.05) is 50.9 Å². The van der Waals surface area contributed by atoms with Gasteiger partial charge < -0.3 is 9.47 Å². The summed E-state index contributed by atoms with van der Waals surface area (Å²) in [6.45, 7) is 8.97. The summed E-state index contributed by atoms with van der Waals surface area (Å²) in [5.41, 5.74) is 2.16. The Labute approximate surface area is 171 Å². The summed E-state index contributed by atoms with van der Waals surface area (Å²) in [6.07, 6.45) is 7.68. The van der Waals surface area contributed by atoms with Crippen LogP contribution in [0.5, 0.6) is 0 Å². The Balaban J connectivity index is 1.43. The molecular formula is C22H30N4OS. The monoisotopic (exact) mass is 398 g/mol. The van der Waals surface area contributed by atoms with E-state index in [1.165, 1.54) is 18.4 Å². The highest BCUT2D eigenvalue weighted by Gasteiger charge is 2.58. The normalized spacial score (nSPS) is 28.3. The number of imidazole rings is 1. The molecule has 0 radical (unpaired) electrons. The first-order chi connectivity index (χ1) is 13.5. The van der Waals surface area contributed by atoms with Gasteiger partial charge in [-0.25, -0.2) is 4.98 Å². The number of hydrogen-bond donors (Lipinski definition) is 0. The van der Waals surface area contributed by atoms with Gasteiger partial charge in [0.1, 0.15) is 0 Å². The highest BCUT2D eigenvalue weighted by Crippen LogP contribution is 2.50.